The molecule has 0 fully saturated rings. The number of anilines is 2. The van der Waals surface area contributed by atoms with E-state index in [-0.39, 0.29) is 43.5 Å². The molecule has 0 saturated heterocycles. The van der Waals surface area contributed by atoms with Crippen LogP contribution in [0.4, 0.5) is 31.8 Å². The summed E-state index contributed by atoms with van der Waals surface area (Å²) in [5.41, 5.74) is -3.34. The highest BCUT2D eigenvalue weighted by Crippen LogP contribution is 2.33. The van der Waals surface area contributed by atoms with Crippen LogP contribution < -0.4 is 26.4 Å². The second-order valence-electron chi connectivity index (χ2n) is 15.2. The van der Waals surface area contributed by atoms with E-state index in [1.54, 1.807) is 81.3 Å². The average molecular weight is 725 g/mol. The smallest absolute Gasteiger partial charge is 0.415 e. The first-order valence-corrected chi connectivity index (χ1v) is 16.8. The Morgan fingerprint density at radius 3 is 2.14 bits per heavy atom. The number of carbonyl (C=O) groups excluding carboxylic acids is 4. The van der Waals surface area contributed by atoms with Crippen LogP contribution in [0.5, 0.6) is 0 Å². The fraction of sp³-hybridized carbons (Fsp3) is 0.727. The van der Waals surface area contributed by atoms with Crippen molar-refractivity contribution in [2.75, 3.05) is 43.9 Å². The molecule has 1 aromatic rings. The summed E-state index contributed by atoms with van der Waals surface area (Å²) in [6, 6.07) is -1.19. The molecular weight excluding hydrogens is 668 g/mol. The van der Waals surface area contributed by atoms with Gasteiger partial charge in [-0.3, -0.25) is 14.3 Å². The molecule has 1 aromatic heterocycles. The first kappa shape index (κ1) is 42.6. The van der Waals surface area contributed by atoms with Crippen LogP contribution in [-0.2, 0) is 23.7 Å². The van der Waals surface area contributed by atoms with Crippen LogP contribution in [0.25, 0.3) is 0 Å². The van der Waals surface area contributed by atoms with Crippen molar-refractivity contribution in [3.63, 3.8) is 0 Å². The highest BCUT2D eigenvalue weighted by molar-refractivity contribution is 5.92. The number of carbonyl (C=O) groups is 4. The van der Waals surface area contributed by atoms with Gasteiger partial charge in [0.1, 0.15) is 34.8 Å². The Morgan fingerprint density at radius 1 is 0.980 bits per heavy atom. The van der Waals surface area contributed by atoms with Crippen molar-refractivity contribution >= 4 is 48.0 Å². The minimum Gasteiger partial charge on any atom is -0.456 e. The lowest BCUT2D eigenvalue weighted by molar-refractivity contribution is -0.160. The number of unbranched alkanes of at least 4 members (excludes halogenated alkanes) is 1. The van der Waals surface area contributed by atoms with E-state index in [1.807, 2.05) is 0 Å². The molecule has 3 amide bonds. The summed E-state index contributed by atoms with van der Waals surface area (Å²) >= 11 is 0. The van der Waals surface area contributed by atoms with E-state index in [2.05, 4.69) is 25.9 Å². The monoisotopic (exact) mass is 724 g/mol. The van der Waals surface area contributed by atoms with E-state index in [9.17, 15) is 29.1 Å². The summed E-state index contributed by atoms with van der Waals surface area (Å²) in [6.07, 6.45) is -2.90. The van der Waals surface area contributed by atoms with E-state index in [4.69, 9.17) is 18.9 Å². The summed E-state index contributed by atoms with van der Waals surface area (Å²) in [5, 5.41) is 19.9. The quantitative estimate of drug-likeness (QED) is 0.0798. The average Bonchev–Trinajstić information content (AvgIpc) is 2.95. The van der Waals surface area contributed by atoms with E-state index < -0.39 is 65.0 Å². The third-order valence-electron chi connectivity index (χ3n) is 6.55. The van der Waals surface area contributed by atoms with Crippen LogP contribution in [-0.4, -0.2) is 113 Å². The molecule has 18 heteroatoms. The highest BCUT2D eigenvalue weighted by atomic mass is 16.6. The molecule has 18 nitrogen and oxygen atoms in total. The Bertz CT molecular complexity index is 1470. The number of alkyl carbamates (subject to hydrolysis) is 2. The van der Waals surface area contributed by atoms with Gasteiger partial charge >= 0.3 is 29.8 Å². The van der Waals surface area contributed by atoms with Gasteiger partial charge in [-0.2, -0.15) is 4.98 Å². The molecule has 0 aliphatic carbocycles. The van der Waals surface area contributed by atoms with Gasteiger partial charge in [0.05, 0.1) is 6.34 Å². The molecule has 0 aromatic carbocycles. The van der Waals surface area contributed by atoms with E-state index >= 15 is 0 Å². The van der Waals surface area contributed by atoms with Gasteiger partial charge in [0.15, 0.2) is 11.9 Å². The van der Waals surface area contributed by atoms with Gasteiger partial charge in [0, 0.05) is 33.7 Å². The minimum atomic E-state index is -1.68. The number of fused-ring (bicyclic) bond motifs is 1. The lowest BCUT2D eigenvalue weighted by atomic mass is 10.1. The third kappa shape index (κ3) is 14.3. The number of nitrogens with zero attached hydrogens (tertiary/aromatic N) is 5. The van der Waals surface area contributed by atoms with Gasteiger partial charge in [-0.05, 0) is 88.5 Å². The standard InChI is InChI=1S/C33H56N8O10/c1-20(48-26(44)21(37-29(46)50-32(5,6)7)15-13-14-16-35-28(45)49-31(2,3)4)25(43)41-23-22(24(42)38-27(41)36-19-39(11)12)40(18-17-34-23)30(47)51-33(8,9)10/h19-21,25,34,43H,13-18H2,1-12H3,(H,35,45)(H,37,46). The Hall–Kier alpha value is -4.61. The SMILES string of the molecule is CC(OC(=O)C(CCCCNC(=O)OC(C)(C)C)NC(=O)OC(C)(C)C)C(O)n1c(N=CN(C)C)nc(=O)c2c1NCCN2C(=O)OC(C)(C)C. The molecule has 1 aliphatic heterocycles. The summed E-state index contributed by atoms with van der Waals surface area (Å²) < 4.78 is 22.9. The zero-order valence-electron chi connectivity index (χ0n) is 31.9. The summed E-state index contributed by atoms with van der Waals surface area (Å²) in [5.74, 6) is -1.10. The molecular formula is C33H56N8O10. The predicted molar refractivity (Wildman–Crippen MR) is 190 cm³/mol. The van der Waals surface area contributed by atoms with Crippen LogP contribution >= 0.6 is 0 Å². The van der Waals surface area contributed by atoms with Crippen molar-refractivity contribution < 1.29 is 43.2 Å². The van der Waals surface area contributed by atoms with Crippen molar-refractivity contribution in [2.24, 2.45) is 4.99 Å². The number of hydrogen-bond acceptors (Lipinski definition) is 13. The Balaban J connectivity index is 2.38. The van der Waals surface area contributed by atoms with Gasteiger partial charge < -0.3 is 44.9 Å². The maximum Gasteiger partial charge on any atom is 0.415 e. The topological polar surface area (TPSA) is 215 Å². The number of ether oxygens (including phenoxy) is 4. The number of rotatable bonds is 12. The summed E-state index contributed by atoms with van der Waals surface area (Å²) in [7, 11) is 3.39. The first-order chi connectivity index (χ1) is 23.4. The van der Waals surface area contributed by atoms with Crippen LogP contribution in [0.2, 0.25) is 0 Å². The molecule has 0 bridgehead atoms. The second kappa shape index (κ2) is 17.5. The van der Waals surface area contributed by atoms with Crippen LogP contribution in [0.3, 0.4) is 0 Å². The second-order valence-corrected chi connectivity index (χ2v) is 15.2. The number of nitrogens with one attached hydrogen (secondary N) is 3. The predicted octanol–water partition coefficient (Wildman–Crippen LogP) is 3.64. The van der Waals surface area contributed by atoms with E-state index in [0.717, 1.165) is 9.47 Å². The molecule has 51 heavy (non-hydrogen) atoms. The minimum absolute atomic E-state index is 0.00864. The lowest BCUT2D eigenvalue weighted by Crippen LogP contribution is -2.47. The van der Waals surface area contributed by atoms with Crippen LogP contribution in [0.1, 0.15) is 94.7 Å². The number of aliphatic hydroxyl groups excluding tert-OH is 1. The molecule has 4 N–H and O–H groups in total. The number of aromatic nitrogens is 2. The van der Waals surface area contributed by atoms with Gasteiger partial charge in [-0.1, -0.05) is 0 Å². The van der Waals surface area contributed by atoms with Gasteiger partial charge in [0.2, 0.25) is 5.95 Å². The van der Waals surface area contributed by atoms with E-state index in [0.29, 0.717) is 12.8 Å². The van der Waals surface area contributed by atoms with E-state index in [1.165, 1.54) is 13.3 Å². The zero-order chi connectivity index (χ0) is 38.9. The molecule has 2 heterocycles. The van der Waals surface area contributed by atoms with Gasteiger partial charge in [0.25, 0.3) is 0 Å². The molecule has 0 spiro atoms. The van der Waals surface area contributed by atoms with Crippen LogP contribution in [0, 0.1) is 0 Å². The maximum atomic E-state index is 13.5. The number of amides is 3. The van der Waals surface area contributed by atoms with Crippen molar-refractivity contribution in [3.8, 4) is 0 Å². The fourth-order valence-electron chi connectivity index (χ4n) is 4.54. The molecule has 0 radical (unpaired) electrons. The summed E-state index contributed by atoms with van der Waals surface area (Å²) in [6.45, 7) is 17.3. The van der Waals surface area contributed by atoms with Crippen molar-refractivity contribution in [1.82, 2.24) is 25.1 Å². The molecule has 0 saturated carbocycles. The van der Waals surface area contributed by atoms with Gasteiger partial charge in [-0.25, -0.2) is 24.2 Å². The fourth-order valence-corrected chi connectivity index (χ4v) is 4.54. The van der Waals surface area contributed by atoms with Crippen molar-refractivity contribution in [3.05, 3.63) is 10.4 Å². The molecule has 1 aliphatic rings. The number of esters is 1. The highest BCUT2D eigenvalue weighted by Gasteiger charge is 2.36. The number of aliphatic imine (C=N–C) groups is 1. The third-order valence-corrected chi connectivity index (χ3v) is 6.55. The Labute approximate surface area is 299 Å². The zero-order valence-corrected chi connectivity index (χ0v) is 31.9. The molecule has 3 unspecified atom stereocenters. The van der Waals surface area contributed by atoms with Gasteiger partial charge in [-0.15, -0.1) is 0 Å². The number of hydrogen-bond donors (Lipinski definition) is 4. The lowest BCUT2D eigenvalue weighted by Gasteiger charge is -2.34. The van der Waals surface area contributed by atoms with Crippen molar-refractivity contribution in [1.29, 1.82) is 0 Å². The molecule has 2 rings (SSSR count). The molecule has 3 atom stereocenters. The first-order valence-electron chi connectivity index (χ1n) is 16.8. The van der Waals surface area contributed by atoms with Crippen molar-refractivity contribution in [2.45, 2.75) is 124 Å². The van der Waals surface area contributed by atoms with Crippen LogP contribution in [0.15, 0.2) is 9.79 Å². The maximum absolute atomic E-state index is 13.5. The largest absolute Gasteiger partial charge is 0.456 e. The summed E-state index contributed by atoms with van der Waals surface area (Å²) in [4.78, 5) is 75.7. The Kier molecular flexibility index (Phi) is 14.6. The normalized spacial score (nSPS) is 15.1. The Morgan fingerprint density at radius 2 is 1.57 bits per heavy atom. The molecule has 288 valence electrons. The number of aliphatic hydroxyl groups is 1.